The molecule has 2 saturated carbocycles. The van der Waals surface area contributed by atoms with Crippen LogP contribution in [-0.4, -0.2) is 10.9 Å². The SMILES string of the molecule is OOC1(C#CC2CCCCC2)CCCCCC1. The van der Waals surface area contributed by atoms with Gasteiger partial charge in [0, 0.05) is 5.92 Å². The van der Waals surface area contributed by atoms with Gasteiger partial charge in [-0.1, -0.05) is 43.9 Å². The Morgan fingerprint density at radius 3 is 2.06 bits per heavy atom. The summed E-state index contributed by atoms with van der Waals surface area (Å²) in [4.78, 5) is 4.78. The third kappa shape index (κ3) is 3.72. The second kappa shape index (κ2) is 6.42. The molecule has 17 heavy (non-hydrogen) atoms. The first-order chi connectivity index (χ1) is 8.35. The highest BCUT2D eigenvalue weighted by molar-refractivity contribution is 5.17. The van der Waals surface area contributed by atoms with E-state index in [9.17, 15) is 5.26 Å². The highest BCUT2D eigenvalue weighted by Gasteiger charge is 2.30. The molecule has 96 valence electrons. The topological polar surface area (TPSA) is 29.5 Å². The van der Waals surface area contributed by atoms with E-state index in [1.807, 2.05) is 0 Å². The van der Waals surface area contributed by atoms with Gasteiger partial charge in [-0.2, -0.15) is 0 Å². The van der Waals surface area contributed by atoms with Gasteiger partial charge in [0.1, 0.15) is 0 Å². The first-order valence-electron chi connectivity index (χ1n) is 7.20. The molecular formula is C15H24O2. The zero-order valence-electron chi connectivity index (χ0n) is 10.7. The Bertz CT molecular complexity index is 273. The maximum atomic E-state index is 9.19. The third-order valence-electron chi connectivity index (χ3n) is 4.20. The van der Waals surface area contributed by atoms with Crippen LogP contribution in [-0.2, 0) is 4.89 Å². The van der Waals surface area contributed by atoms with Crippen LogP contribution in [0.1, 0.15) is 70.6 Å². The molecule has 1 N–H and O–H groups in total. The molecule has 0 radical (unpaired) electrons. The number of rotatable bonds is 1. The van der Waals surface area contributed by atoms with Gasteiger partial charge < -0.3 is 0 Å². The van der Waals surface area contributed by atoms with Crippen LogP contribution in [0, 0.1) is 17.8 Å². The van der Waals surface area contributed by atoms with Gasteiger partial charge in [0.15, 0.2) is 5.60 Å². The van der Waals surface area contributed by atoms with Crippen LogP contribution in [0.25, 0.3) is 0 Å². The van der Waals surface area contributed by atoms with Crippen molar-refractivity contribution < 1.29 is 10.1 Å². The zero-order chi connectivity index (χ0) is 12.0. The van der Waals surface area contributed by atoms with Crippen LogP contribution in [0.5, 0.6) is 0 Å². The largest absolute Gasteiger partial charge is 0.250 e. The summed E-state index contributed by atoms with van der Waals surface area (Å²) in [7, 11) is 0. The second-order valence-electron chi connectivity index (χ2n) is 5.60. The Kier molecular flexibility index (Phi) is 4.88. The van der Waals surface area contributed by atoms with Gasteiger partial charge in [-0.05, 0) is 38.5 Å². The molecule has 2 heteroatoms. The van der Waals surface area contributed by atoms with E-state index < -0.39 is 5.60 Å². The Balaban J connectivity index is 1.98. The van der Waals surface area contributed by atoms with Crippen molar-refractivity contribution in [1.29, 1.82) is 0 Å². The lowest BCUT2D eigenvalue weighted by molar-refractivity contribution is -0.307. The van der Waals surface area contributed by atoms with E-state index >= 15 is 0 Å². The first kappa shape index (κ1) is 12.9. The fourth-order valence-corrected chi connectivity index (χ4v) is 3.02. The minimum atomic E-state index is -0.548. The molecule has 0 amide bonds. The van der Waals surface area contributed by atoms with Gasteiger partial charge in [0.25, 0.3) is 0 Å². The van der Waals surface area contributed by atoms with Crippen molar-refractivity contribution in [2.24, 2.45) is 5.92 Å². The fourth-order valence-electron chi connectivity index (χ4n) is 3.02. The van der Waals surface area contributed by atoms with E-state index in [0.717, 1.165) is 25.7 Å². The van der Waals surface area contributed by atoms with Gasteiger partial charge in [-0.3, -0.25) is 5.26 Å². The number of hydrogen-bond acceptors (Lipinski definition) is 2. The highest BCUT2D eigenvalue weighted by atomic mass is 17.1. The quantitative estimate of drug-likeness (QED) is 0.321. The van der Waals surface area contributed by atoms with E-state index in [2.05, 4.69) is 11.8 Å². The van der Waals surface area contributed by atoms with E-state index in [-0.39, 0.29) is 0 Å². The minimum Gasteiger partial charge on any atom is -0.250 e. The molecule has 0 heterocycles. The number of hydrogen-bond donors (Lipinski definition) is 1. The van der Waals surface area contributed by atoms with E-state index in [0.29, 0.717) is 5.92 Å². The molecule has 0 spiro atoms. The van der Waals surface area contributed by atoms with Gasteiger partial charge >= 0.3 is 0 Å². The molecule has 2 fully saturated rings. The van der Waals surface area contributed by atoms with E-state index in [1.165, 1.54) is 44.9 Å². The van der Waals surface area contributed by atoms with Crippen LogP contribution in [0.4, 0.5) is 0 Å². The van der Waals surface area contributed by atoms with Gasteiger partial charge in [0.05, 0.1) is 0 Å². The Morgan fingerprint density at radius 1 is 0.882 bits per heavy atom. The molecule has 2 aliphatic rings. The van der Waals surface area contributed by atoms with Crippen molar-refractivity contribution in [2.75, 3.05) is 0 Å². The Labute approximate surface area is 105 Å². The summed E-state index contributed by atoms with van der Waals surface area (Å²) in [6.45, 7) is 0. The molecule has 0 aromatic heterocycles. The van der Waals surface area contributed by atoms with Crippen LogP contribution < -0.4 is 0 Å². The fraction of sp³-hybridized carbons (Fsp3) is 0.867. The molecule has 0 aromatic carbocycles. The molecule has 0 atom stereocenters. The molecule has 2 rings (SSSR count). The summed E-state index contributed by atoms with van der Waals surface area (Å²) in [5, 5.41) is 9.19. The summed E-state index contributed by atoms with van der Waals surface area (Å²) < 4.78 is 0. The standard InChI is InChI=1S/C15H24O2/c16-17-15(11-6-1-2-7-12-15)13-10-14-8-4-3-5-9-14/h14,16H,1-9,11-12H2. The van der Waals surface area contributed by atoms with E-state index in [1.54, 1.807) is 0 Å². The smallest absolute Gasteiger partial charge is 0.163 e. The van der Waals surface area contributed by atoms with Crippen LogP contribution in [0.3, 0.4) is 0 Å². The summed E-state index contributed by atoms with van der Waals surface area (Å²) in [5.41, 5.74) is -0.548. The predicted octanol–water partition coefficient (Wildman–Crippen LogP) is 4.15. The third-order valence-corrected chi connectivity index (χ3v) is 4.20. The lowest BCUT2D eigenvalue weighted by atomic mass is 9.88. The summed E-state index contributed by atoms with van der Waals surface area (Å²) in [6, 6.07) is 0. The molecule has 0 unspecified atom stereocenters. The Morgan fingerprint density at radius 2 is 1.47 bits per heavy atom. The second-order valence-corrected chi connectivity index (χ2v) is 5.60. The molecular weight excluding hydrogens is 212 g/mol. The molecule has 0 aliphatic heterocycles. The van der Waals surface area contributed by atoms with Crippen molar-refractivity contribution in [3.8, 4) is 11.8 Å². The maximum absolute atomic E-state index is 9.19. The van der Waals surface area contributed by atoms with Crippen molar-refractivity contribution in [3.63, 3.8) is 0 Å². The average Bonchev–Trinajstić information content (AvgIpc) is 2.64. The van der Waals surface area contributed by atoms with Crippen LogP contribution in [0.2, 0.25) is 0 Å². The molecule has 2 aliphatic carbocycles. The molecule has 0 aromatic rings. The van der Waals surface area contributed by atoms with Gasteiger partial charge in [0.2, 0.25) is 0 Å². The molecule has 0 saturated heterocycles. The van der Waals surface area contributed by atoms with E-state index in [4.69, 9.17) is 4.89 Å². The highest BCUT2D eigenvalue weighted by Crippen LogP contribution is 2.30. The normalized spacial score (nSPS) is 25.7. The van der Waals surface area contributed by atoms with Crippen molar-refractivity contribution >= 4 is 0 Å². The van der Waals surface area contributed by atoms with Crippen LogP contribution >= 0.6 is 0 Å². The maximum Gasteiger partial charge on any atom is 0.163 e. The predicted molar refractivity (Wildman–Crippen MR) is 68.5 cm³/mol. The van der Waals surface area contributed by atoms with Gasteiger partial charge in [-0.25, -0.2) is 4.89 Å². The van der Waals surface area contributed by atoms with Crippen molar-refractivity contribution in [3.05, 3.63) is 0 Å². The molecule has 2 nitrogen and oxygen atoms in total. The van der Waals surface area contributed by atoms with Crippen molar-refractivity contribution in [2.45, 2.75) is 76.2 Å². The molecule has 0 bridgehead atoms. The summed E-state index contributed by atoms with van der Waals surface area (Å²) in [6.07, 6.45) is 13.0. The first-order valence-corrected chi connectivity index (χ1v) is 7.20. The lowest BCUT2D eigenvalue weighted by Crippen LogP contribution is -2.29. The summed E-state index contributed by atoms with van der Waals surface area (Å²) in [5.74, 6) is 7.19. The summed E-state index contributed by atoms with van der Waals surface area (Å²) >= 11 is 0. The zero-order valence-corrected chi connectivity index (χ0v) is 10.7. The van der Waals surface area contributed by atoms with Crippen molar-refractivity contribution in [1.82, 2.24) is 0 Å². The van der Waals surface area contributed by atoms with Crippen LogP contribution in [0.15, 0.2) is 0 Å². The average molecular weight is 236 g/mol. The lowest BCUT2D eigenvalue weighted by Gasteiger charge is -2.23. The minimum absolute atomic E-state index is 0.541. The van der Waals surface area contributed by atoms with Gasteiger partial charge in [-0.15, -0.1) is 0 Å². The monoisotopic (exact) mass is 236 g/mol. The Hall–Kier alpha value is -0.520.